The minimum atomic E-state index is 0.301. The van der Waals surface area contributed by atoms with Gasteiger partial charge in [0.05, 0.1) is 17.4 Å². The van der Waals surface area contributed by atoms with Gasteiger partial charge in [-0.2, -0.15) is 0 Å². The molecule has 0 saturated carbocycles. The average molecular weight is 295 g/mol. The van der Waals surface area contributed by atoms with E-state index in [1.54, 1.807) is 12.5 Å². The third-order valence-electron chi connectivity index (χ3n) is 3.26. The maximum atomic E-state index is 5.99. The number of nitrogen functional groups attached to an aromatic ring is 1. The quantitative estimate of drug-likeness (QED) is 0.418. The van der Waals surface area contributed by atoms with E-state index in [0.29, 0.717) is 23.9 Å². The van der Waals surface area contributed by atoms with Crippen molar-refractivity contribution in [3.8, 4) is 0 Å². The van der Waals surface area contributed by atoms with E-state index >= 15 is 0 Å². The fraction of sp³-hybridized carbons (Fsp3) is 0.200. The molecule has 22 heavy (non-hydrogen) atoms. The number of aryl methyl sites for hydroxylation is 1. The highest BCUT2D eigenvalue weighted by Gasteiger charge is 2.09. The van der Waals surface area contributed by atoms with Gasteiger partial charge in [-0.25, -0.2) is 15.0 Å². The van der Waals surface area contributed by atoms with Gasteiger partial charge in [0.1, 0.15) is 11.5 Å². The number of anilines is 1. The molecule has 0 amide bonds. The number of nitrogens with two attached hydrogens (primary N) is 2. The Bertz CT molecular complexity index is 793. The first-order valence-corrected chi connectivity index (χ1v) is 7.02. The summed E-state index contributed by atoms with van der Waals surface area (Å²) in [5, 5.41) is 0. The minimum Gasteiger partial charge on any atom is -0.382 e. The summed E-state index contributed by atoms with van der Waals surface area (Å²) < 4.78 is 2.00. The first kappa shape index (κ1) is 14.0. The monoisotopic (exact) mass is 295 g/mol. The minimum absolute atomic E-state index is 0.301. The number of hydrogen-bond donors (Lipinski definition) is 2. The second-order valence-electron chi connectivity index (χ2n) is 4.87. The van der Waals surface area contributed by atoms with Crippen molar-refractivity contribution < 1.29 is 0 Å². The number of imidazole rings is 1. The number of aliphatic imine (C=N–C) groups is 1. The first-order valence-electron chi connectivity index (χ1n) is 7.02. The third-order valence-corrected chi connectivity index (χ3v) is 3.26. The molecule has 0 bridgehead atoms. The normalized spacial score (nSPS) is 11.9. The number of benzene rings is 1. The summed E-state index contributed by atoms with van der Waals surface area (Å²) in [5.74, 6) is 0.621. The van der Waals surface area contributed by atoms with Crippen LogP contribution in [0.1, 0.15) is 12.1 Å². The van der Waals surface area contributed by atoms with Gasteiger partial charge in [-0.3, -0.25) is 4.99 Å². The fourth-order valence-electron chi connectivity index (χ4n) is 2.15. The maximum Gasteiger partial charge on any atom is 0.153 e. The van der Waals surface area contributed by atoms with Crippen LogP contribution < -0.4 is 11.5 Å². The van der Waals surface area contributed by atoms with Gasteiger partial charge < -0.3 is 16.0 Å². The number of rotatable bonds is 5. The van der Waals surface area contributed by atoms with Gasteiger partial charge in [0.25, 0.3) is 0 Å². The number of para-hydroxylation sites is 2. The van der Waals surface area contributed by atoms with E-state index in [4.69, 9.17) is 11.5 Å². The van der Waals surface area contributed by atoms with Crippen LogP contribution in [0.2, 0.25) is 0 Å². The van der Waals surface area contributed by atoms with Crippen LogP contribution in [0.25, 0.3) is 11.0 Å². The van der Waals surface area contributed by atoms with Crippen LogP contribution in [-0.2, 0) is 6.54 Å². The molecule has 0 unspecified atom stereocenters. The van der Waals surface area contributed by atoms with Crippen LogP contribution >= 0.6 is 0 Å². The molecule has 7 nitrogen and oxygen atoms in total. The lowest BCUT2D eigenvalue weighted by molar-refractivity contribution is 0.650. The van der Waals surface area contributed by atoms with Crippen molar-refractivity contribution in [3.05, 3.63) is 48.7 Å². The number of aromatic nitrogens is 4. The predicted octanol–water partition coefficient (Wildman–Crippen LogP) is 1.20. The van der Waals surface area contributed by atoms with Crippen LogP contribution in [0.5, 0.6) is 0 Å². The van der Waals surface area contributed by atoms with Crippen LogP contribution in [0.3, 0.4) is 0 Å². The van der Waals surface area contributed by atoms with Gasteiger partial charge in [0, 0.05) is 25.5 Å². The molecule has 0 aliphatic rings. The van der Waals surface area contributed by atoms with Gasteiger partial charge in [-0.15, -0.1) is 0 Å². The zero-order valence-electron chi connectivity index (χ0n) is 12.1. The van der Waals surface area contributed by atoms with Crippen molar-refractivity contribution >= 4 is 22.7 Å². The Balaban J connectivity index is 1.72. The first-order chi connectivity index (χ1) is 10.7. The van der Waals surface area contributed by atoms with Crippen LogP contribution in [-0.4, -0.2) is 31.9 Å². The molecule has 0 radical (unpaired) electrons. The van der Waals surface area contributed by atoms with Crippen molar-refractivity contribution in [2.45, 2.75) is 13.0 Å². The summed E-state index contributed by atoms with van der Waals surface area (Å²) in [5.41, 5.74) is 13.9. The highest BCUT2D eigenvalue weighted by Crippen LogP contribution is 2.14. The van der Waals surface area contributed by atoms with Crippen molar-refractivity contribution in [2.75, 3.05) is 12.3 Å². The molecule has 0 aliphatic carbocycles. The molecule has 0 fully saturated rings. The average Bonchev–Trinajstić information content (AvgIpc) is 3.04. The molecule has 3 aromatic rings. The highest BCUT2D eigenvalue weighted by atomic mass is 15.0. The second kappa shape index (κ2) is 6.21. The molecular formula is C15H17N7. The van der Waals surface area contributed by atoms with Gasteiger partial charge in [-0.05, 0) is 18.6 Å². The third kappa shape index (κ3) is 3.03. The smallest absolute Gasteiger partial charge is 0.153 e. The largest absolute Gasteiger partial charge is 0.382 e. The number of hydrogen-bond acceptors (Lipinski definition) is 5. The molecule has 7 heteroatoms. The molecule has 4 N–H and O–H groups in total. The van der Waals surface area contributed by atoms with Crippen molar-refractivity contribution in [2.24, 2.45) is 10.7 Å². The molecule has 1 aromatic carbocycles. The summed E-state index contributed by atoms with van der Waals surface area (Å²) >= 11 is 0. The lowest BCUT2D eigenvalue weighted by atomic mass is 10.2. The summed E-state index contributed by atoms with van der Waals surface area (Å²) in [6, 6.07) is 7.53. The molecule has 0 spiro atoms. The molecule has 2 heterocycles. The standard InChI is InChI=1S/C15H17N7/c16-14(19-6-3-8-22-9-7-18-10-22)13-15(17)21-12-5-2-1-4-11(12)20-13/h1-2,4-5,7,9-10H,3,6,8H2,(H2,16,19)(H2,17,21). The van der Waals surface area contributed by atoms with E-state index in [1.807, 2.05) is 35.0 Å². The van der Waals surface area contributed by atoms with Gasteiger partial charge >= 0.3 is 0 Å². The van der Waals surface area contributed by atoms with E-state index in [2.05, 4.69) is 19.9 Å². The lowest BCUT2D eigenvalue weighted by Crippen LogP contribution is -2.19. The highest BCUT2D eigenvalue weighted by molar-refractivity contribution is 6.01. The van der Waals surface area contributed by atoms with E-state index in [1.165, 1.54) is 0 Å². The molecule has 0 aliphatic heterocycles. The second-order valence-corrected chi connectivity index (χ2v) is 4.87. The van der Waals surface area contributed by atoms with E-state index < -0.39 is 0 Å². The molecular weight excluding hydrogens is 278 g/mol. The van der Waals surface area contributed by atoms with Gasteiger partial charge in [0.15, 0.2) is 5.82 Å². The van der Waals surface area contributed by atoms with Crippen molar-refractivity contribution in [1.29, 1.82) is 0 Å². The Morgan fingerprint density at radius 1 is 1.18 bits per heavy atom. The Morgan fingerprint density at radius 2 is 1.95 bits per heavy atom. The van der Waals surface area contributed by atoms with Crippen molar-refractivity contribution in [3.63, 3.8) is 0 Å². The van der Waals surface area contributed by atoms with Crippen molar-refractivity contribution in [1.82, 2.24) is 19.5 Å². The van der Waals surface area contributed by atoms with Crippen LogP contribution in [0.15, 0.2) is 48.0 Å². The number of fused-ring (bicyclic) bond motifs is 1. The Morgan fingerprint density at radius 3 is 2.68 bits per heavy atom. The Labute approximate surface area is 127 Å². The van der Waals surface area contributed by atoms with E-state index in [9.17, 15) is 0 Å². The maximum absolute atomic E-state index is 5.99. The molecule has 2 aromatic heterocycles. The van der Waals surface area contributed by atoms with Crippen LogP contribution in [0, 0.1) is 0 Å². The summed E-state index contributed by atoms with van der Waals surface area (Å²) in [6.07, 6.45) is 6.31. The topological polar surface area (TPSA) is 108 Å². The molecule has 3 rings (SSSR count). The zero-order valence-corrected chi connectivity index (χ0v) is 12.1. The zero-order chi connectivity index (χ0) is 15.4. The van der Waals surface area contributed by atoms with Gasteiger partial charge in [0.2, 0.25) is 0 Å². The fourth-order valence-corrected chi connectivity index (χ4v) is 2.15. The number of nitrogens with zero attached hydrogens (tertiary/aromatic N) is 5. The lowest BCUT2D eigenvalue weighted by Gasteiger charge is -2.06. The summed E-state index contributed by atoms with van der Waals surface area (Å²) in [7, 11) is 0. The molecule has 0 saturated heterocycles. The summed E-state index contributed by atoms with van der Waals surface area (Å²) in [6.45, 7) is 1.44. The predicted molar refractivity (Wildman–Crippen MR) is 86.4 cm³/mol. The van der Waals surface area contributed by atoms with E-state index in [-0.39, 0.29) is 0 Å². The Kier molecular flexibility index (Phi) is 3.95. The Hall–Kier alpha value is -2.96. The number of amidine groups is 1. The molecule has 0 atom stereocenters. The molecule has 112 valence electrons. The van der Waals surface area contributed by atoms with Gasteiger partial charge in [-0.1, -0.05) is 12.1 Å². The van der Waals surface area contributed by atoms with E-state index in [0.717, 1.165) is 24.0 Å². The summed E-state index contributed by atoms with van der Waals surface area (Å²) in [4.78, 5) is 17.1. The van der Waals surface area contributed by atoms with Crippen LogP contribution in [0.4, 0.5) is 5.82 Å². The SMILES string of the molecule is NC(=NCCCn1ccnc1)c1nc2ccccc2nc1N.